The molecule has 1 aromatic heterocycles. The second kappa shape index (κ2) is 10.7. The van der Waals surface area contributed by atoms with Crippen molar-refractivity contribution >= 4 is 0 Å². The first-order valence-electron chi connectivity index (χ1n) is 17.1. The smallest absolute Gasteiger partial charge is 0.163 e. The molecular weight excluding hydrogens is 595 g/mol. The van der Waals surface area contributed by atoms with E-state index in [0.29, 0.717) is 5.82 Å². The van der Waals surface area contributed by atoms with Gasteiger partial charge < -0.3 is 0 Å². The van der Waals surface area contributed by atoms with Gasteiger partial charge in [-0.3, -0.25) is 0 Å². The maximum absolute atomic E-state index is 5.38. The number of hydrogen-bond donors (Lipinski definition) is 0. The van der Waals surface area contributed by atoms with Crippen LogP contribution in [0.15, 0.2) is 152 Å². The third-order valence-electron chi connectivity index (χ3n) is 11.0. The topological polar surface area (TPSA) is 38.7 Å². The van der Waals surface area contributed by atoms with Gasteiger partial charge in [0.1, 0.15) is 11.6 Å². The minimum Gasteiger partial charge on any atom is -0.216 e. The van der Waals surface area contributed by atoms with Crippen molar-refractivity contribution < 1.29 is 0 Å². The van der Waals surface area contributed by atoms with Crippen molar-refractivity contribution in [2.24, 2.45) is 0 Å². The molecule has 1 spiro atoms. The van der Waals surface area contributed by atoms with E-state index in [0.717, 1.165) is 17.2 Å². The summed E-state index contributed by atoms with van der Waals surface area (Å²) < 4.78 is 0. The van der Waals surface area contributed by atoms with E-state index in [2.05, 4.69) is 161 Å². The molecule has 9 rings (SSSR count). The molecule has 2 aliphatic rings. The van der Waals surface area contributed by atoms with Gasteiger partial charge in [0.05, 0.1) is 10.8 Å². The van der Waals surface area contributed by atoms with Crippen molar-refractivity contribution in [3.8, 4) is 33.6 Å². The molecule has 1 heterocycles. The summed E-state index contributed by atoms with van der Waals surface area (Å²) in [4.78, 5) is 15.8. The van der Waals surface area contributed by atoms with Gasteiger partial charge in [-0.15, -0.1) is 0 Å². The van der Waals surface area contributed by atoms with Crippen LogP contribution in [0.3, 0.4) is 0 Å². The highest BCUT2D eigenvalue weighted by atomic mass is 15.1. The fraction of sp³-hybridized carbons (Fsp3) is 0.152. The first-order valence-corrected chi connectivity index (χ1v) is 17.1. The lowest BCUT2D eigenvalue weighted by Crippen LogP contribution is -2.30. The maximum Gasteiger partial charge on any atom is 0.163 e. The molecule has 236 valence electrons. The zero-order valence-corrected chi connectivity index (χ0v) is 28.3. The van der Waals surface area contributed by atoms with Gasteiger partial charge in [-0.2, -0.15) is 0 Å². The molecule has 0 atom stereocenters. The molecule has 0 radical (unpaired) electrons. The van der Waals surface area contributed by atoms with Gasteiger partial charge in [-0.05, 0) is 83.3 Å². The quantitative estimate of drug-likeness (QED) is 0.190. The van der Waals surface area contributed by atoms with E-state index < -0.39 is 16.2 Å². The summed E-state index contributed by atoms with van der Waals surface area (Å²) in [7, 11) is 0. The van der Waals surface area contributed by atoms with Crippen LogP contribution in [0.25, 0.3) is 33.6 Å². The number of aromatic nitrogens is 3. The Kier molecular flexibility index (Phi) is 6.42. The Bertz CT molecular complexity index is 2340. The van der Waals surface area contributed by atoms with Crippen molar-refractivity contribution in [1.82, 2.24) is 15.0 Å². The van der Waals surface area contributed by atoms with E-state index in [-0.39, 0.29) is 0 Å². The highest BCUT2D eigenvalue weighted by Crippen LogP contribution is 2.63. The van der Waals surface area contributed by atoms with Crippen molar-refractivity contribution in [3.05, 3.63) is 197 Å². The SMILES string of the molecule is CC(C)(c1ccccc1)c1nc(-c2ccccc2)nc(C(C)(C)c2cccc3c2-c2ccccc2C32c3ccccc3-c3ccccc32)n1. The Morgan fingerprint density at radius 3 is 1.49 bits per heavy atom. The molecule has 0 saturated carbocycles. The van der Waals surface area contributed by atoms with Crippen LogP contribution in [-0.2, 0) is 16.2 Å². The van der Waals surface area contributed by atoms with E-state index in [4.69, 9.17) is 15.0 Å². The normalized spacial score (nSPS) is 13.9. The molecule has 2 aliphatic carbocycles. The van der Waals surface area contributed by atoms with Gasteiger partial charge in [-0.1, -0.05) is 152 Å². The van der Waals surface area contributed by atoms with Crippen molar-refractivity contribution in [2.45, 2.75) is 43.9 Å². The van der Waals surface area contributed by atoms with Gasteiger partial charge in [0.2, 0.25) is 0 Å². The van der Waals surface area contributed by atoms with Crippen LogP contribution in [0.1, 0.15) is 72.7 Å². The van der Waals surface area contributed by atoms with Crippen molar-refractivity contribution in [1.29, 1.82) is 0 Å². The van der Waals surface area contributed by atoms with Gasteiger partial charge in [0.25, 0.3) is 0 Å². The molecule has 0 unspecified atom stereocenters. The average molecular weight is 632 g/mol. The minimum absolute atomic E-state index is 0.403. The van der Waals surface area contributed by atoms with Gasteiger partial charge in [-0.25, -0.2) is 15.0 Å². The molecule has 0 N–H and O–H groups in total. The second-order valence-corrected chi connectivity index (χ2v) is 14.4. The number of rotatable bonds is 5. The summed E-state index contributed by atoms with van der Waals surface area (Å²) in [5.41, 5.74) is 12.5. The fourth-order valence-corrected chi connectivity index (χ4v) is 8.42. The monoisotopic (exact) mass is 631 g/mol. The van der Waals surface area contributed by atoms with Crippen LogP contribution < -0.4 is 0 Å². The third kappa shape index (κ3) is 4.12. The Morgan fingerprint density at radius 2 is 0.878 bits per heavy atom. The lowest BCUT2D eigenvalue weighted by molar-refractivity contribution is 0.538. The van der Waals surface area contributed by atoms with E-state index in [1.807, 2.05) is 18.2 Å². The van der Waals surface area contributed by atoms with Crippen LogP contribution in [0.2, 0.25) is 0 Å². The number of nitrogens with zero attached hydrogens (tertiary/aromatic N) is 3. The first kappa shape index (κ1) is 29.5. The Hall–Kier alpha value is -5.67. The predicted molar refractivity (Wildman–Crippen MR) is 199 cm³/mol. The molecule has 0 saturated heterocycles. The number of benzene rings is 6. The molecule has 3 heteroatoms. The van der Waals surface area contributed by atoms with Gasteiger partial charge in [0.15, 0.2) is 5.82 Å². The molecule has 0 bridgehead atoms. The van der Waals surface area contributed by atoms with E-state index in [9.17, 15) is 0 Å². The average Bonchev–Trinajstić information content (AvgIpc) is 3.63. The van der Waals surface area contributed by atoms with Crippen LogP contribution in [0.5, 0.6) is 0 Å². The van der Waals surface area contributed by atoms with Crippen LogP contribution >= 0.6 is 0 Å². The third-order valence-corrected chi connectivity index (χ3v) is 11.0. The Morgan fingerprint density at radius 1 is 0.408 bits per heavy atom. The minimum atomic E-state index is -0.560. The van der Waals surface area contributed by atoms with Crippen LogP contribution in [-0.4, -0.2) is 15.0 Å². The first-order chi connectivity index (χ1) is 23.8. The molecule has 7 aromatic rings. The van der Waals surface area contributed by atoms with E-state index in [1.165, 1.54) is 55.6 Å². The molecule has 49 heavy (non-hydrogen) atoms. The van der Waals surface area contributed by atoms with Crippen LogP contribution in [0.4, 0.5) is 0 Å². The Labute approximate surface area is 288 Å². The fourth-order valence-electron chi connectivity index (χ4n) is 8.42. The molecule has 6 aromatic carbocycles. The highest BCUT2D eigenvalue weighted by Gasteiger charge is 2.52. The summed E-state index contributed by atoms with van der Waals surface area (Å²) in [5, 5.41) is 0. The van der Waals surface area contributed by atoms with Crippen LogP contribution in [0, 0.1) is 0 Å². The van der Waals surface area contributed by atoms with Gasteiger partial charge in [0, 0.05) is 11.0 Å². The van der Waals surface area contributed by atoms with E-state index >= 15 is 0 Å². The molecule has 0 aliphatic heterocycles. The van der Waals surface area contributed by atoms with Crippen molar-refractivity contribution in [3.63, 3.8) is 0 Å². The summed E-state index contributed by atoms with van der Waals surface area (Å²) in [6, 6.07) is 54.6. The zero-order valence-electron chi connectivity index (χ0n) is 28.3. The Balaban J connectivity index is 1.31. The maximum atomic E-state index is 5.38. The molecular formula is C46H37N3. The lowest BCUT2D eigenvalue weighted by Gasteiger charge is -2.32. The second-order valence-electron chi connectivity index (χ2n) is 14.4. The summed E-state index contributed by atoms with van der Waals surface area (Å²) in [6.07, 6.45) is 0. The number of fused-ring (bicyclic) bond motifs is 10. The molecule has 0 amide bonds. The zero-order chi connectivity index (χ0) is 33.4. The standard InChI is InChI=1S/C46H37N3/c1-44(2,31-20-9-6-10-21-31)42-47-41(30-18-7-5-8-19-30)48-43(49-42)45(3,4)38-28-17-29-39-40(38)34-24-13-16-27-37(34)46(39)35-25-14-11-22-32(35)33-23-12-15-26-36(33)46/h5-29H,1-4H3. The molecule has 0 fully saturated rings. The van der Waals surface area contributed by atoms with Gasteiger partial charge >= 0.3 is 0 Å². The molecule has 3 nitrogen and oxygen atoms in total. The largest absolute Gasteiger partial charge is 0.216 e. The predicted octanol–water partition coefficient (Wildman–Crippen LogP) is 10.5. The summed E-state index contributed by atoms with van der Waals surface area (Å²) in [5.74, 6) is 2.22. The lowest BCUT2D eigenvalue weighted by atomic mass is 9.70. The number of hydrogen-bond acceptors (Lipinski definition) is 3. The summed E-state index contributed by atoms with van der Waals surface area (Å²) in [6.45, 7) is 8.96. The van der Waals surface area contributed by atoms with Crippen molar-refractivity contribution in [2.75, 3.05) is 0 Å². The highest BCUT2D eigenvalue weighted by molar-refractivity contribution is 5.96. The summed E-state index contributed by atoms with van der Waals surface area (Å²) >= 11 is 0. The van der Waals surface area contributed by atoms with E-state index in [1.54, 1.807) is 0 Å².